The van der Waals surface area contributed by atoms with Gasteiger partial charge in [0.1, 0.15) is 11.4 Å². The number of carbonyl (C=O) groups excluding carboxylic acids is 1. The maximum atomic E-state index is 12.6. The van der Waals surface area contributed by atoms with E-state index in [2.05, 4.69) is 10.3 Å². The molecule has 8 heteroatoms. The van der Waals surface area contributed by atoms with Crippen molar-refractivity contribution >= 4 is 22.9 Å². The number of aromatic nitrogens is 2. The predicted molar refractivity (Wildman–Crippen MR) is 113 cm³/mol. The first-order valence-corrected chi connectivity index (χ1v) is 9.15. The Kier molecular flexibility index (Phi) is 4.89. The van der Waals surface area contributed by atoms with Crippen molar-refractivity contribution in [3.63, 3.8) is 0 Å². The standard InChI is InChI=1S/C22H18N4O4/c1-14-4-3-11-25-13-19(23-21(14)25)16-7-10-20(30-2)18(12-16)24-22(27)15-5-8-17(9-6-15)26(28)29/h3-13H,1-2H3,(H,24,27). The molecule has 2 aromatic heterocycles. The summed E-state index contributed by atoms with van der Waals surface area (Å²) in [5.74, 6) is 0.0974. The highest BCUT2D eigenvalue weighted by atomic mass is 16.6. The monoisotopic (exact) mass is 402 g/mol. The largest absolute Gasteiger partial charge is 0.495 e. The summed E-state index contributed by atoms with van der Waals surface area (Å²) >= 11 is 0. The lowest BCUT2D eigenvalue weighted by Crippen LogP contribution is -2.12. The number of nitro benzene ring substituents is 1. The van der Waals surface area contributed by atoms with E-state index in [1.165, 1.54) is 31.4 Å². The second-order valence-electron chi connectivity index (χ2n) is 6.72. The molecule has 0 aliphatic rings. The molecule has 0 atom stereocenters. The van der Waals surface area contributed by atoms with Gasteiger partial charge in [0.15, 0.2) is 0 Å². The van der Waals surface area contributed by atoms with Crippen molar-refractivity contribution in [1.29, 1.82) is 0 Å². The average Bonchev–Trinajstić information content (AvgIpc) is 3.19. The molecular formula is C22H18N4O4. The average molecular weight is 402 g/mol. The van der Waals surface area contributed by atoms with E-state index in [-0.39, 0.29) is 5.69 Å². The van der Waals surface area contributed by atoms with Crippen molar-refractivity contribution in [1.82, 2.24) is 9.38 Å². The van der Waals surface area contributed by atoms with E-state index in [9.17, 15) is 14.9 Å². The first-order valence-electron chi connectivity index (χ1n) is 9.15. The molecule has 30 heavy (non-hydrogen) atoms. The van der Waals surface area contributed by atoms with Gasteiger partial charge in [-0.15, -0.1) is 0 Å². The number of pyridine rings is 1. The zero-order valence-electron chi connectivity index (χ0n) is 16.3. The molecule has 0 radical (unpaired) electrons. The Balaban J connectivity index is 1.66. The number of amides is 1. The molecule has 0 bridgehead atoms. The number of nitrogens with one attached hydrogen (secondary N) is 1. The molecule has 0 aliphatic heterocycles. The quantitative estimate of drug-likeness (QED) is 0.392. The molecule has 8 nitrogen and oxygen atoms in total. The fourth-order valence-corrected chi connectivity index (χ4v) is 3.19. The summed E-state index contributed by atoms with van der Waals surface area (Å²) in [7, 11) is 1.52. The fourth-order valence-electron chi connectivity index (χ4n) is 3.19. The molecule has 0 saturated carbocycles. The molecule has 1 N–H and O–H groups in total. The molecule has 150 valence electrons. The number of imidazole rings is 1. The number of anilines is 1. The van der Waals surface area contributed by atoms with Gasteiger partial charge in [0, 0.05) is 35.7 Å². The van der Waals surface area contributed by atoms with Crippen molar-refractivity contribution in [2.24, 2.45) is 0 Å². The van der Waals surface area contributed by atoms with Gasteiger partial charge in [0.05, 0.1) is 23.4 Å². The summed E-state index contributed by atoms with van der Waals surface area (Å²) in [6.45, 7) is 2.00. The smallest absolute Gasteiger partial charge is 0.269 e. The molecule has 0 saturated heterocycles. The number of nitro groups is 1. The highest BCUT2D eigenvalue weighted by molar-refractivity contribution is 6.05. The van der Waals surface area contributed by atoms with Crippen LogP contribution < -0.4 is 10.1 Å². The van der Waals surface area contributed by atoms with E-state index in [1.807, 2.05) is 41.9 Å². The number of hydrogen-bond acceptors (Lipinski definition) is 5. The van der Waals surface area contributed by atoms with Crippen LogP contribution in [0.25, 0.3) is 16.9 Å². The SMILES string of the molecule is COc1ccc(-c2cn3cccc(C)c3n2)cc1NC(=O)c1ccc([N+](=O)[O-])cc1. The van der Waals surface area contributed by atoms with Gasteiger partial charge in [-0.3, -0.25) is 14.9 Å². The number of fused-ring (bicyclic) bond motifs is 1. The first-order chi connectivity index (χ1) is 14.5. The molecule has 2 heterocycles. The minimum Gasteiger partial charge on any atom is -0.495 e. The number of non-ortho nitro benzene ring substituents is 1. The fraction of sp³-hybridized carbons (Fsp3) is 0.0909. The number of hydrogen-bond donors (Lipinski definition) is 1. The van der Waals surface area contributed by atoms with E-state index in [0.29, 0.717) is 17.0 Å². The molecule has 0 spiro atoms. The van der Waals surface area contributed by atoms with Crippen LogP contribution in [0, 0.1) is 17.0 Å². The zero-order valence-corrected chi connectivity index (χ0v) is 16.3. The van der Waals surface area contributed by atoms with E-state index in [0.717, 1.165) is 22.5 Å². The van der Waals surface area contributed by atoms with Crippen molar-refractivity contribution < 1.29 is 14.5 Å². The number of carbonyl (C=O) groups is 1. The number of ether oxygens (including phenoxy) is 1. The molecule has 0 aliphatic carbocycles. The van der Waals surface area contributed by atoms with E-state index >= 15 is 0 Å². The normalized spacial score (nSPS) is 10.7. The maximum absolute atomic E-state index is 12.6. The summed E-state index contributed by atoms with van der Waals surface area (Å²) < 4.78 is 7.32. The van der Waals surface area contributed by atoms with Gasteiger partial charge in [-0.25, -0.2) is 4.98 Å². The van der Waals surface area contributed by atoms with Crippen molar-refractivity contribution in [3.8, 4) is 17.0 Å². The van der Waals surface area contributed by atoms with E-state index < -0.39 is 10.8 Å². The lowest BCUT2D eigenvalue weighted by molar-refractivity contribution is -0.384. The third-order valence-corrected chi connectivity index (χ3v) is 4.76. The van der Waals surface area contributed by atoms with Gasteiger partial charge >= 0.3 is 0 Å². The predicted octanol–water partition coefficient (Wildman–Crippen LogP) is 4.48. The third kappa shape index (κ3) is 3.58. The second-order valence-corrected chi connectivity index (χ2v) is 6.72. The highest BCUT2D eigenvalue weighted by Crippen LogP contribution is 2.31. The number of aryl methyl sites for hydroxylation is 1. The molecular weight excluding hydrogens is 384 g/mol. The molecule has 0 fully saturated rings. The summed E-state index contributed by atoms with van der Waals surface area (Å²) in [6.07, 6.45) is 3.85. The van der Waals surface area contributed by atoms with Crippen LogP contribution in [0.4, 0.5) is 11.4 Å². The lowest BCUT2D eigenvalue weighted by Gasteiger charge is -2.11. The van der Waals surface area contributed by atoms with Crippen LogP contribution in [-0.4, -0.2) is 27.3 Å². The maximum Gasteiger partial charge on any atom is 0.269 e. The van der Waals surface area contributed by atoms with Crippen LogP contribution >= 0.6 is 0 Å². The molecule has 4 aromatic rings. The van der Waals surface area contributed by atoms with Crippen molar-refractivity contribution in [2.75, 3.05) is 12.4 Å². The topological polar surface area (TPSA) is 98.8 Å². The van der Waals surface area contributed by atoms with Crippen LogP contribution in [0.2, 0.25) is 0 Å². The van der Waals surface area contributed by atoms with Crippen LogP contribution in [0.3, 0.4) is 0 Å². The van der Waals surface area contributed by atoms with E-state index in [1.54, 1.807) is 12.1 Å². The van der Waals surface area contributed by atoms with Crippen LogP contribution in [0.5, 0.6) is 5.75 Å². The Morgan fingerprint density at radius 2 is 1.93 bits per heavy atom. The molecule has 4 rings (SSSR count). The summed E-state index contributed by atoms with van der Waals surface area (Å²) in [5.41, 5.74) is 4.20. The minimum atomic E-state index is -0.509. The van der Waals surface area contributed by atoms with Crippen LogP contribution in [-0.2, 0) is 0 Å². The van der Waals surface area contributed by atoms with Gasteiger partial charge in [-0.1, -0.05) is 6.07 Å². The Hall–Kier alpha value is -4.20. The number of nitrogens with zero attached hydrogens (tertiary/aromatic N) is 3. The number of rotatable bonds is 5. The Morgan fingerprint density at radius 3 is 2.60 bits per heavy atom. The summed E-state index contributed by atoms with van der Waals surface area (Å²) in [6, 6.07) is 14.8. The third-order valence-electron chi connectivity index (χ3n) is 4.76. The van der Waals surface area contributed by atoms with Gasteiger partial charge in [0.2, 0.25) is 0 Å². The number of methoxy groups -OCH3 is 1. The second kappa shape index (κ2) is 7.67. The summed E-state index contributed by atoms with van der Waals surface area (Å²) in [4.78, 5) is 27.6. The Morgan fingerprint density at radius 1 is 1.17 bits per heavy atom. The number of benzene rings is 2. The van der Waals surface area contributed by atoms with Crippen LogP contribution in [0.1, 0.15) is 15.9 Å². The molecule has 1 amide bonds. The minimum absolute atomic E-state index is 0.0757. The Labute approximate surface area is 171 Å². The van der Waals surface area contributed by atoms with Crippen molar-refractivity contribution in [3.05, 3.63) is 88.2 Å². The van der Waals surface area contributed by atoms with E-state index in [4.69, 9.17) is 4.74 Å². The Bertz CT molecular complexity index is 1260. The zero-order chi connectivity index (χ0) is 21.3. The van der Waals surface area contributed by atoms with Crippen LogP contribution in [0.15, 0.2) is 67.0 Å². The summed E-state index contributed by atoms with van der Waals surface area (Å²) in [5, 5.41) is 13.6. The van der Waals surface area contributed by atoms with Gasteiger partial charge in [-0.05, 0) is 48.9 Å². The van der Waals surface area contributed by atoms with Gasteiger partial charge in [0.25, 0.3) is 11.6 Å². The van der Waals surface area contributed by atoms with Crippen molar-refractivity contribution in [2.45, 2.75) is 6.92 Å². The van der Waals surface area contributed by atoms with Gasteiger partial charge < -0.3 is 14.5 Å². The van der Waals surface area contributed by atoms with Gasteiger partial charge in [-0.2, -0.15) is 0 Å². The molecule has 0 unspecified atom stereocenters. The lowest BCUT2D eigenvalue weighted by atomic mass is 10.1. The first kappa shape index (κ1) is 19.1. The molecule has 2 aromatic carbocycles. The highest BCUT2D eigenvalue weighted by Gasteiger charge is 2.14.